The lowest BCUT2D eigenvalue weighted by Gasteiger charge is -2.38. The molecule has 3 rings (SSSR count). The molecule has 0 aliphatic heterocycles. The minimum Gasteiger partial charge on any atom is -0.481 e. The van der Waals surface area contributed by atoms with E-state index in [1.807, 2.05) is 0 Å². The van der Waals surface area contributed by atoms with Gasteiger partial charge in [0, 0.05) is 4.70 Å². The number of benzene rings is 1. The molecule has 1 fully saturated rings. The van der Waals surface area contributed by atoms with Gasteiger partial charge in [0.05, 0.1) is 5.41 Å². The summed E-state index contributed by atoms with van der Waals surface area (Å²) in [5.41, 5.74) is -0.301. The molecule has 1 heterocycles. The Morgan fingerprint density at radius 1 is 1.25 bits per heavy atom. The van der Waals surface area contributed by atoms with Crippen molar-refractivity contribution >= 4 is 27.4 Å². The number of carboxylic acids is 1. The smallest absolute Gasteiger partial charge is 0.425 e. The Hall–Kier alpha value is -1.56. The van der Waals surface area contributed by atoms with E-state index in [0.29, 0.717) is 39.8 Å². The highest BCUT2D eigenvalue weighted by Crippen LogP contribution is 2.46. The van der Waals surface area contributed by atoms with Crippen molar-refractivity contribution in [1.29, 1.82) is 0 Å². The van der Waals surface area contributed by atoms with Gasteiger partial charge >= 0.3 is 12.1 Å². The zero-order chi connectivity index (χ0) is 14.5. The lowest BCUT2D eigenvalue weighted by atomic mass is 9.64. The van der Waals surface area contributed by atoms with Crippen LogP contribution in [0.25, 0.3) is 10.1 Å². The van der Waals surface area contributed by atoms with Crippen LogP contribution in [0.2, 0.25) is 0 Å². The predicted octanol–water partition coefficient (Wildman–Crippen LogP) is 4.43. The van der Waals surface area contributed by atoms with Crippen molar-refractivity contribution in [1.82, 2.24) is 0 Å². The molecular weight excluding hydrogens is 289 g/mol. The quantitative estimate of drug-likeness (QED) is 0.891. The maximum Gasteiger partial charge on any atom is 0.425 e. The van der Waals surface area contributed by atoms with Crippen LogP contribution < -0.4 is 0 Å². The highest BCUT2D eigenvalue weighted by atomic mass is 32.1. The van der Waals surface area contributed by atoms with Crippen LogP contribution >= 0.6 is 11.3 Å². The minimum atomic E-state index is -4.36. The summed E-state index contributed by atoms with van der Waals surface area (Å²) >= 11 is 0.685. The maximum atomic E-state index is 12.7. The summed E-state index contributed by atoms with van der Waals surface area (Å²) in [5, 5.41) is 9.83. The van der Waals surface area contributed by atoms with Crippen LogP contribution in [0.3, 0.4) is 0 Å². The Labute approximate surface area is 116 Å². The summed E-state index contributed by atoms with van der Waals surface area (Å²) in [4.78, 5) is 10.8. The summed E-state index contributed by atoms with van der Waals surface area (Å²) in [6.45, 7) is 0. The number of fused-ring (bicyclic) bond motifs is 1. The largest absolute Gasteiger partial charge is 0.481 e. The van der Waals surface area contributed by atoms with Crippen molar-refractivity contribution in [2.45, 2.75) is 30.9 Å². The standard InChI is InChI=1S/C14H11F3O2S/c15-14(16,17)11-7-8-6-9(2-3-10(8)20-11)13(12(18)19)4-1-5-13/h2-3,6-7H,1,4-5H2,(H,18,19). The maximum absolute atomic E-state index is 12.7. The fourth-order valence-corrected chi connectivity index (χ4v) is 3.55. The van der Waals surface area contributed by atoms with E-state index in [9.17, 15) is 23.1 Å². The molecule has 0 bridgehead atoms. The normalized spacial score (nSPS) is 17.9. The molecule has 1 aromatic heterocycles. The Morgan fingerprint density at radius 2 is 1.95 bits per heavy atom. The van der Waals surface area contributed by atoms with Gasteiger partial charge in [0.25, 0.3) is 0 Å². The number of alkyl halides is 3. The summed E-state index contributed by atoms with van der Waals surface area (Å²) in [6, 6.07) is 5.92. The second kappa shape index (κ2) is 4.22. The Balaban J connectivity index is 2.09. The molecule has 1 aliphatic carbocycles. The third-order valence-electron chi connectivity index (χ3n) is 3.96. The first-order chi connectivity index (χ1) is 9.33. The Bertz CT molecular complexity index is 683. The minimum absolute atomic E-state index is 0.465. The van der Waals surface area contributed by atoms with Crippen LogP contribution in [-0.4, -0.2) is 11.1 Å². The van der Waals surface area contributed by atoms with Gasteiger partial charge in [0.15, 0.2) is 0 Å². The molecule has 0 atom stereocenters. The summed E-state index contributed by atoms with van der Waals surface area (Å²) in [7, 11) is 0. The summed E-state index contributed by atoms with van der Waals surface area (Å²) in [6.07, 6.45) is -2.43. The molecule has 2 aromatic rings. The van der Waals surface area contributed by atoms with Crippen LogP contribution in [0.1, 0.15) is 29.7 Å². The van der Waals surface area contributed by atoms with E-state index >= 15 is 0 Å². The number of aliphatic carboxylic acids is 1. The van der Waals surface area contributed by atoms with E-state index in [-0.39, 0.29) is 0 Å². The SMILES string of the molecule is O=C(O)C1(c2ccc3sc(C(F)(F)F)cc3c2)CCC1. The highest BCUT2D eigenvalue weighted by Gasteiger charge is 2.46. The van der Waals surface area contributed by atoms with E-state index in [4.69, 9.17) is 0 Å². The van der Waals surface area contributed by atoms with Crippen LogP contribution in [-0.2, 0) is 16.4 Å². The number of rotatable bonds is 2. The monoisotopic (exact) mass is 300 g/mol. The molecule has 1 N–H and O–H groups in total. The molecule has 1 aromatic carbocycles. The van der Waals surface area contributed by atoms with Crippen molar-refractivity contribution in [2.75, 3.05) is 0 Å². The fraction of sp³-hybridized carbons (Fsp3) is 0.357. The number of hydrogen-bond donors (Lipinski definition) is 1. The second-order valence-corrected chi connectivity index (χ2v) is 6.19. The zero-order valence-corrected chi connectivity index (χ0v) is 11.1. The van der Waals surface area contributed by atoms with Gasteiger partial charge in [0.2, 0.25) is 0 Å². The molecule has 20 heavy (non-hydrogen) atoms. The molecule has 0 saturated heterocycles. The molecular formula is C14H11F3O2S. The molecule has 0 radical (unpaired) electrons. The van der Waals surface area contributed by atoms with E-state index in [2.05, 4.69) is 0 Å². The highest BCUT2D eigenvalue weighted by molar-refractivity contribution is 7.19. The van der Waals surface area contributed by atoms with Crippen molar-refractivity contribution < 1.29 is 23.1 Å². The molecule has 1 aliphatic rings. The van der Waals surface area contributed by atoms with Gasteiger partial charge in [-0.3, -0.25) is 4.79 Å². The first-order valence-electron chi connectivity index (χ1n) is 6.18. The van der Waals surface area contributed by atoms with Crippen molar-refractivity contribution in [3.8, 4) is 0 Å². The van der Waals surface area contributed by atoms with Gasteiger partial charge in [-0.1, -0.05) is 12.5 Å². The average Bonchev–Trinajstić information content (AvgIpc) is 2.69. The fourth-order valence-electron chi connectivity index (χ4n) is 2.64. The van der Waals surface area contributed by atoms with Crippen LogP contribution in [0.15, 0.2) is 24.3 Å². The molecule has 0 amide bonds. The summed E-state index contributed by atoms with van der Waals surface area (Å²) < 4.78 is 38.6. The third-order valence-corrected chi connectivity index (χ3v) is 5.13. The van der Waals surface area contributed by atoms with Gasteiger partial charge in [-0.25, -0.2) is 0 Å². The second-order valence-electron chi connectivity index (χ2n) is 5.10. The summed E-state index contributed by atoms with van der Waals surface area (Å²) in [5.74, 6) is -0.894. The van der Waals surface area contributed by atoms with Crippen molar-refractivity contribution in [2.24, 2.45) is 0 Å². The number of thiophene rings is 1. The molecule has 0 unspecified atom stereocenters. The molecule has 2 nitrogen and oxygen atoms in total. The predicted molar refractivity (Wildman–Crippen MR) is 70.0 cm³/mol. The third kappa shape index (κ3) is 1.90. The van der Waals surface area contributed by atoms with Gasteiger partial charge in [-0.2, -0.15) is 13.2 Å². The van der Waals surface area contributed by atoms with E-state index in [1.165, 1.54) is 0 Å². The molecule has 1 saturated carbocycles. The number of carbonyl (C=O) groups is 1. The molecule has 0 spiro atoms. The number of hydrogen-bond acceptors (Lipinski definition) is 2. The molecule has 106 valence electrons. The number of halogens is 3. The lowest BCUT2D eigenvalue weighted by molar-refractivity contribution is -0.147. The number of carboxylic acid groups (broad SMARTS) is 1. The zero-order valence-electron chi connectivity index (χ0n) is 10.3. The first-order valence-corrected chi connectivity index (χ1v) is 6.99. The lowest BCUT2D eigenvalue weighted by Crippen LogP contribution is -2.42. The van der Waals surface area contributed by atoms with Gasteiger partial charge in [0.1, 0.15) is 4.88 Å². The topological polar surface area (TPSA) is 37.3 Å². The van der Waals surface area contributed by atoms with E-state index in [1.54, 1.807) is 18.2 Å². The Morgan fingerprint density at radius 3 is 2.45 bits per heavy atom. The van der Waals surface area contributed by atoms with Crippen molar-refractivity contribution in [3.05, 3.63) is 34.7 Å². The van der Waals surface area contributed by atoms with Crippen LogP contribution in [0.5, 0.6) is 0 Å². The van der Waals surface area contributed by atoms with Crippen LogP contribution in [0.4, 0.5) is 13.2 Å². The molecule has 6 heteroatoms. The van der Waals surface area contributed by atoms with Gasteiger partial charge in [-0.05, 0) is 42.0 Å². The van der Waals surface area contributed by atoms with E-state index < -0.39 is 22.4 Å². The average molecular weight is 300 g/mol. The van der Waals surface area contributed by atoms with Gasteiger partial charge < -0.3 is 5.11 Å². The van der Waals surface area contributed by atoms with Crippen LogP contribution in [0, 0.1) is 0 Å². The first kappa shape index (κ1) is 13.4. The van der Waals surface area contributed by atoms with Crippen molar-refractivity contribution in [3.63, 3.8) is 0 Å². The van der Waals surface area contributed by atoms with Gasteiger partial charge in [-0.15, -0.1) is 11.3 Å². The van der Waals surface area contributed by atoms with E-state index in [0.717, 1.165) is 12.5 Å². The Kier molecular flexibility index (Phi) is 2.83.